The fraction of sp³-hybridized carbons (Fsp3) is 0.292. The Labute approximate surface area is 182 Å². The maximum absolute atomic E-state index is 12.9. The predicted molar refractivity (Wildman–Crippen MR) is 120 cm³/mol. The highest BCUT2D eigenvalue weighted by Gasteiger charge is 2.29. The minimum Gasteiger partial charge on any atom is -0.341 e. The molecular weight excluding hydrogens is 390 g/mol. The van der Waals surface area contributed by atoms with E-state index < -0.39 is 0 Å². The van der Waals surface area contributed by atoms with Gasteiger partial charge in [0.2, 0.25) is 5.91 Å². The fourth-order valence-corrected chi connectivity index (χ4v) is 3.88. The van der Waals surface area contributed by atoms with Crippen LogP contribution in [0.15, 0.2) is 73.1 Å². The van der Waals surface area contributed by atoms with Crippen LogP contribution in [-0.2, 0) is 11.3 Å². The highest BCUT2D eigenvalue weighted by atomic mass is 16.2. The number of anilines is 1. The lowest BCUT2D eigenvalue weighted by molar-refractivity contribution is -0.136. The topological polar surface area (TPSA) is 70.5 Å². The van der Waals surface area contributed by atoms with E-state index >= 15 is 0 Å². The van der Waals surface area contributed by atoms with Gasteiger partial charge in [-0.1, -0.05) is 36.4 Å². The SMILES string of the molecule is CN(Cc1cnn(-c2ccccc2)c1)C(=O)C1CCN(C(=O)Nc2ccccc2)CC1. The number of nitrogens with zero attached hydrogens (tertiary/aromatic N) is 4. The molecule has 1 aliphatic rings. The summed E-state index contributed by atoms with van der Waals surface area (Å²) in [6, 6.07) is 19.2. The summed E-state index contributed by atoms with van der Waals surface area (Å²) in [5.74, 6) is 0.0607. The zero-order chi connectivity index (χ0) is 21.6. The summed E-state index contributed by atoms with van der Waals surface area (Å²) in [6.45, 7) is 1.67. The third-order valence-electron chi connectivity index (χ3n) is 5.61. The second kappa shape index (κ2) is 9.47. The Bertz CT molecular complexity index is 1010. The van der Waals surface area contributed by atoms with Gasteiger partial charge in [0, 0.05) is 50.0 Å². The number of carbonyl (C=O) groups is 2. The monoisotopic (exact) mass is 417 g/mol. The van der Waals surface area contributed by atoms with Gasteiger partial charge in [0.05, 0.1) is 11.9 Å². The molecule has 2 heterocycles. The molecule has 2 aromatic carbocycles. The van der Waals surface area contributed by atoms with Crippen LogP contribution in [0.25, 0.3) is 5.69 Å². The van der Waals surface area contributed by atoms with E-state index in [-0.39, 0.29) is 17.9 Å². The molecule has 1 saturated heterocycles. The van der Waals surface area contributed by atoms with E-state index in [2.05, 4.69) is 10.4 Å². The summed E-state index contributed by atoms with van der Waals surface area (Å²) in [5, 5.41) is 7.31. The van der Waals surface area contributed by atoms with Crippen molar-refractivity contribution in [2.45, 2.75) is 19.4 Å². The van der Waals surface area contributed by atoms with Crippen molar-refractivity contribution in [3.05, 3.63) is 78.6 Å². The molecule has 3 amide bonds. The molecular formula is C24H27N5O2. The Morgan fingerprint density at radius 2 is 1.68 bits per heavy atom. The molecule has 1 N–H and O–H groups in total. The van der Waals surface area contributed by atoms with Crippen molar-refractivity contribution >= 4 is 17.6 Å². The first-order valence-electron chi connectivity index (χ1n) is 10.5. The molecule has 3 aromatic rings. The molecule has 7 heteroatoms. The average Bonchev–Trinajstić information content (AvgIpc) is 3.28. The van der Waals surface area contributed by atoms with Gasteiger partial charge in [0.15, 0.2) is 0 Å². The van der Waals surface area contributed by atoms with Crippen molar-refractivity contribution in [3.8, 4) is 5.69 Å². The van der Waals surface area contributed by atoms with Crippen molar-refractivity contribution < 1.29 is 9.59 Å². The number of hydrogen-bond acceptors (Lipinski definition) is 3. The predicted octanol–water partition coefficient (Wildman–Crippen LogP) is 3.77. The van der Waals surface area contributed by atoms with Gasteiger partial charge in [-0.25, -0.2) is 9.48 Å². The van der Waals surface area contributed by atoms with Crippen molar-refractivity contribution in [2.24, 2.45) is 5.92 Å². The number of nitrogens with one attached hydrogen (secondary N) is 1. The van der Waals surface area contributed by atoms with Crippen LogP contribution >= 0.6 is 0 Å². The molecule has 0 atom stereocenters. The highest BCUT2D eigenvalue weighted by Crippen LogP contribution is 2.21. The number of urea groups is 1. The quantitative estimate of drug-likeness (QED) is 0.687. The molecule has 0 bridgehead atoms. The van der Waals surface area contributed by atoms with E-state index in [4.69, 9.17) is 0 Å². The minimum atomic E-state index is -0.112. The standard InChI is InChI=1S/C24H27N5O2/c1-27(17-19-16-25-29(18-19)22-10-6-3-7-11-22)23(30)20-12-14-28(15-13-20)24(31)26-21-8-4-2-5-9-21/h2-11,16,18,20H,12-15,17H2,1H3,(H,26,31). The second-order valence-corrected chi connectivity index (χ2v) is 7.88. The van der Waals surface area contributed by atoms with Gasteiger partial charge >= 0.3 is 6.03 Å². The van der Waals surface area contributed by atoms with Gasteiger partial charge in [0.1, 0.15) is 0 Å². The number of para-hydroxylation sites is 2. The van der Waals surface area contributed by atoms with Crippen LogP contribution in [0.5, 0.6) is 0 Å². The summed E-state index contributed by atoms with van der Waals surface area (Å²) in [5.41, 5.74) is 2.75. The van der Waals surface area contributed by atoms with Crippen LogP contribution in [0, 0.1) is 5.92 Å². The number of rotatable bonds is 5. The summed E-state index contributed by atoms with van der Waals surface area (Å²) in [6.07, 6.45) is 5.10. The van der Waals surface area contributed by atoms with Crippen molar-refractivity contribution in [2.75, 3.05) is 25.5 Å². The molecule has 0 radical (unpaired) electrons. The lowest BCUT2D eigenvalue weighted by Crippen LogP contribution is -2.44. The van der Waals surface area contributed by atoms with E-state index in [1.54, 1.807) is 16.0 Å². The van der Waals surface area contributed by atoms with Crippen LogP contribution in [0.3, 0.4) is 0 Å². The molecule has 0 aliphatic carbocycles. The zero-order valence-corrected chi connectivity index (χ0v) is 17.6. The van der Waals surface area contributed by atoms with Crippen LogP contribution in [-0.4, -0.2) is 51.7 Å². The maximum atomic E-state index is 12.9. The normalized spacial score (nSPS) is 14.3. The summed E-state index contributed by atoms with van der Waals surface area (Å²) < 4.78 is 1.82. The van der Waals surface area contributed by atoms with Gasteiger partial charge in [-0.15, -0.1) is 0 Å². The first-order chi connectivity index (χ1) is 15.1. The van der Waals surface area contributed by atoms with Gasteiger partial charge < -0.3 is 15.1 Å². The van der Waals surface area contributed by atoms with E-state index in [1.807, 2.05) is 78.6 Å². The van der Waals surface area contributed by atoms with Gasteiger partial charge in [-0.3, -0.25) is 4.79 Å². The number of aromatic nitrogens is 2. The third-order valence-corrected chi connectivity index (χ3v) is 5.61. The number of amides is 3. The Hall–Kier alpha value is -3.61. The molecule has 1 fully saturated rings. The number of likely N-dealkylation sites (tertiary alicyclic amines) is 1. The molecule has 160 valence electrons. The number of hydrogen-bond donors (Lipinski definition) is 1. The van der Waals surface area contributed by atoms with Crippen LogP contribution in [0.2, 0.25) is 0 Å². The molecule has 1 aromatic heterocycles. The molecule has 4 rings (SSSR count). The third kappa shape index (κ3) is 5.12. The smallest absolute Gasteiger partial charge is 0.321 e. The van der Waals surface area contributed by atoms with Crippen LogP contribution in [0.4, 0.5) is 10.5 Å². The number of piperidine rings is 1. The number of benzene rings is 2. The Morgan fingerprint density at radius 3 is 2.35 bits per heavy atom. The first-order valence-corrected chi connectivity index (χ1v) is 10.5. The lowest BCUT2D eigenvalue weighted by atomic mass is 9.95. The summed E-state index contributed by atoms with van der Waals surface area (Å²) in [4.78, 5) is 28.9. The molecule has 0 saturated carbocycles. The number of carbonyl (C=O) groups excluding carboxylic acids is 2. The van der Waals surface area contributed by atoms with Gasteiger partial charge in [0.25, 0.3) is 0 Å². The van der Waals surface area contributed by atoms with E-state index in [9.17, 15) is 9.59 Å². The highest BCUT2D eigenvalue weighted by molar-refractivity contribution is 5.89. The van der Waals surface area contributed by atoms with Crippen LogP contribution < -0.4 is 5.32 Å². The largest absolute Gasteiger partial charge is 0.341 e. The molecule has 7 nitrogen and oxygen atoms in total. The van der Waals surface area contributed by atoms with Gasteiger partial charge in [-0.05, 0) is 37.1 Å². The minimum absolute atomic E-state index is 0.0602. The molecule has 31 heavy (non-hydrogen) atoms. The molecule has 0 spiro atoms. The van der Waals surface area contributed by atoms with Crippen LogP contribution in [0.1, 0.15) is 18.4 Å². The lowest BCUT2D eigenvalue weighted by Gasteiger charge is -2.33. The average molecular weight is 418 g/mol. The Balaban J connectivity index is 1.27. The van der Waals surface area contributed by atoms with Crippen molar-refractivity contribution in [1.29, 1.82) is 0 Å². The Kier molecular flexibility index (Phi) is 6.31. The van der Waals surface area contributed by atoms with E-state index in [0.29, 0.717) is 32.5 Å². The summed E-state index contributed by atoms with van der Waals surface area (Å²) in [7, 11) is 1.83. The van der Waals surface area contributed by atoms with Gasteiger partial charge in [-0.2, -0.15) is 5.10 Å². The van der Waals surface area contributed by atoms with Crippen molar-refractivity contribution in [1.82, 2.24) is 19.6 Å². The molecule has 0 unspecified atom stereocenters. The van der Waals surface area contributed by atoms with Crippen molar-refractivity contribution in [3.63, 3.8) is 0 Å². The van der Waals surface area contributed by atoms with E-state index in [1.165, 1.54) is 0 Å². The fourth-order valence-electron chi connectivity index (χ4n) is 3.88. The Morgan fingerprint density at radius 1 is 1.03 bits per heavy atom. The van der Waals surface area contributed by atoms with E-state index in [0.717, 1.165) is 16.9 Å². The first kappa shape index (κ1) is 20.7. The maximum Gasteiger partial charge on any atom is 0.321 e. The molecule has 1 aliphatic heterocycles. The zero-order valence-electron chi connectivity index (χ0n) is 17.6. The second-order valence-electron chi connectivity index (χ2n) is 7.88. The summed E-state index contributed by atoms with van der Waals surface area (Å²) >= 11 is 0.